The number of Topliss-reactive ketones (excluding diaryl/α,β-unsaturated/α-hetero) is 1. The molecule has 3 rings (SSSR count). The van der Waals surface area contributed by atoms with Crippen molar-refractivity contribution in [1.82, 2.24) is 4.98 Å². The first kappa shape index (κ1) is 11.2. The Balaban J connectivity index is 1.95. The molecule has 0 fully saturated rings. The second-order valence-electron chi connectivity index (χ2n) is 4.84. The number of carbonyl (C=O) groups is 1. The molecule has 0 aliphatic heterocycles. The van der Waals surface area contributed by atoms with Crippen molar-refractivity contribution in [2.75, 3.05) is 0 Å². The van der Waals surface area contributed by atoms with Crippen LogP contribution in [0.3, 0.4) is 0 Å². The highest BCUT2D eigenvalue weighted by atomic mass is 16.3. The Labute approximate surface area is 106 Å². The predicted molar refractivity (Wildman–Crippen MR) is 68.7 cm³/mol. The second-order valence-corrected chi connectivity index (χ2v) is 4.84. The summed E-state index contributed by atoms with van der Waals surface area (Å²) in [5.41, 5.74) is 2.65. The zero-order chi connectivity index (χ0) is 12.5. The maximum absolute atomic E-state index is 11.7. The summed E-state index contributed by atoms with van der Waals surface area (Å²) >= 11 is 0. The molecule has 0 radical (unpaired) electrons. The van der Waals surface area contributed by atoms with E-state index in [1.165, 1.54) is 0 Å². The van der Waals surface area contributed by atoms with E-state index in [4.69, 9.17) is 0 Å². The van der Waals surface area contributed by atoms with Crippen molar-refractivity contribution >= 4 is 5.78 Å². The van der Waals surface area contributed by atoms with Gasteiger partial charge in [0.2, 0.25) is 0 Å². The van der Waals surface area contributed by atoms with Gasteiger partial charge in [0.15, 0.2) is 5.78 Å². The molecule has 0 saturated carbocycles. The van der Waals surface area contributed by atoms with Crippen LogP contribution in [0.2, 0.25) is 0 Å². The number of aryl methyl sites for hydroxylation is 1. The highest BCUT2D eigenvalue weighted by molar-refractivity contribution is 5.97. The summed E-state index contributed by atoms with van der Waals surface area (Å²) in [7, 11) is 0. The first-order chi connectivity index (χ1) is 8.74. The lowest BCUT2D eigenvalue weighted by Crippen LogP contribution is -2.14. The van der Waals surface area contributed by atoms with E-state index < -0.39 is 0 Å². The zero-order valence-electron chi connectivity index (χ0n) is 10.1. The lowest BCUT2D eigenvalue weighted by Gasteiger charge is -2.18. The molecule has 1 aromatic rings. The lowest BCUT2D eigenvalue weighted by atomic mass is 9.91. The number of aliphatic hydroxyl groups is 1. The molecular weight excluding hydrogens is 226 g/mol. The van der Waals surface area contributed by atoms with Gasteiger partial charge >= 0.3 is 0 Å². The molecule has 2 aliphatic carbocycles. The van der Waals surface area contributed by atoms with Gasteiger partial charge in [-0.1, -0.05) is 6.08 Å². The predicted octanol–water partition coefficient (Wildman–Crippen LogP) is 3.09. The molecule has 0 saturated heterocycles. The number of pyridine rings is 1. The van der Waals surface area contributed by atoms with Crippen molar-refractivity contribution in [1.29, 1.82) is 0 Å². The monoisotopic (exact) mass is 241 g/mol. The molecule has 3 heteroatoms. The Morgan fingerprint density at radius 1 is 1.28 bits per heavy atom. The Kier molecular flexibility index (Phi) is 2.74. The van der Waals surface area contributed by atoms with Gasteiger partial charge in [-0.2, -0.15) is 0 Å². The van der Waals surface area contributed by atoms with Crippen LogP contribution < -0.4 is 0 Å². The van der Waals surface area contributed by atoms with Crippen molar-refractivity contribution in [3.05, 3.63) is 53.1 Å². The first-order valence-electron chi connectivity index (χ1n) is 6.34. The largest absolute Gasteiger partial charge is 0.508 e. The SMILES string of the molecule is O=C1CCCc2nc(C3C=C(O)C=CC3)ccc21. The van der Waals surface area contributed by atoms with E-state index in [1.807, 2.05) is 24.3 Å². The van der Waals surface area contributed by atoms with E-state index in [2.05, 4.69) is 4.98 Å². The Hall–Kier alpha value is -1.90. The third-order valence-electron chi connectivity index (χ3n) is 3.54. The van der Waals surface area contributed by atoms with Gasteiger partial charge in [-0.15, -0.1) is 0 Å². The molecule has 1 N–H and O–H groups in total. The van der Waals surface area contributed by atoms with Gasteiger partial charge in [0.25, 0.3) is 0 Å². The van der Waals surface area contributed by atoms with Gasteiger partial charge in [0.05, 0.1) is 5.69 Å². The van der Waals surface area contributed by atoms with Crippen LogP contribution in [0.15, 0.2) is 36.1 Å². The highest BCUT2D eigenvalue weighted by Gasteiger charge is 2.20. The van der Waals surface area contributed by atoms with Gasteiger partial charge in [-0.05, 0) is 43.5 Å². The molecule has 92 valence electrons. The maximum Gasteiger partial charge on any atom is 0.164 e. The van der Waals surface area contributed by atoms with Gasteiger partial charge < -0.3 is 5.11 Å². The molecule has 0 aromatic carbocycles. The summed E-state index contributed by atoms with van der Waals surface area (Å²) in [5, 5.41) is 9.51. The van der Waals surface area contributed by atoms with Gasteiger partial charge in [-0.25, -0.2) is 0 Å². The van der Waals surface area contributed by atoms with E-state index in [1.54, 1.807) is 6.08 Å². The highest BCUT2D eigenvalue weighted by Crippen LogP contribution is 2.28. The molecule has 1 heterocycles. The van der Waals surface area contributed by atoms with Crippen LogP contribution >= 0.6 is 0 Å². The standard InChI is InChI=1S/C15H15NO2/c17-11-4-1-3-10(9-11)13-8-7-12-14(16-13)5-2-6-15(12)18/h1,4,7-10,17H,2-3,5-6H2. The fourth-order valence-corrected chi connectivity index (χ4v) is 2.59. The summed E-state index contributed by atoms with van der Waals surface area (Å²) in [6.07, 6.45) is 8.75. The van der Waals surface area contributed by atoms with Crippen LogP contribution in [0.25, 0.3) is 0 Å². The third kappa shape index (κ3) is 1.96. The van der Waals surface area contributed by atoms with E-state index in [9.17, 15) is 9.90 Å². The minimum Gasteiger partial charge on any atom is -0.508 e. The Bertz CT molecular complexity index is 558. The van der Waals surface area contributed by atoms with Crippen molar-refractivity contribution in [3.8, 4) is 0 Å². The van der Waals surface area contributed by atoms with E-state index >= 15 is 0 Å². The molecule has 1 atom stereocenters. The first-order valence-corrected chi connectivity index (χ1v) is 6.34. The van der Waals surface area contributed by atoms with Crippen LogP contribution in [0.4, 0.5) is 0 Å². The van der Waals surface area contributed by atoms with Crippen LogP contribution in [-0.4, -0.2) is 15.9 Å². The van der Waals surface area contributed by atoms with Crippen molar-refractivity contribution in [2.45, 2.75) is 31.6 Å². The Morgan fingerprint density at radius 3 is 3.00 bits per heavy atom. The number of aromatic nitrogens is 1. The van der Waals surface area contributed by atoms with Gasteiger partial charge in [0, 0.05) is 23.6 Å². The fraction of sp³-hybridized carbons (Fsp3) is 0.333. The zero-order valence-corrected chi connectivity index (χ0v) is 10.1. The number of carbonyl (C=O) groups excluding carboxylic acids is 1. The average molecular weight is 241 g/mol. The van der Waals surface area contributed by atoms with Crippen LogP contribution in [-0.2, 0) is 6.42 Å². The molecule has 3 nitrogen and oxygen atoms in total. The second kappa shape index (κ2) is 4.41. The van der Waals surface area contributed by atoms with Crippen molar-refractivity contribution in [3.63, 3.8) is 0 Å². The number of aliphatic hydroxyl groups excluding tert-OH is 1. The number of ketones is 1. The normalized spacial score (nSPS) is 22.6. The molecule has 1 unspecified atom stereocenters. The molecule has 0 amide bonds. The number of hydrogen-bond donors (Lipinski definition) is 1. The van der Waals surface area contributed by atoms with Crippen molar-refractivity contribution < 1.29 is 9.90 Å². The molecular formula is C15H15NO2. The van der Waals surface area contributed by atoms with E-state index in [0.717, 1.165) is 36.2 Å². The number of rotatable bonds is 1. The van der Waals surface area contributed by atoms with Crippen molar-refractivity contribution in [2.24, 2.45) is 0 Å². The minimum absolute atomic E-state index is 0.123. The molecule has 0 bridgehead atoms. The molecule has 2 aliphatic rings. The summed E-state index contributed by atoms with van der Waals surface area (Å²) in [6.45, 7) is 0. The lowest BCUT2D eigenvalue weighted by molar-refractivity contribution is 0.0971. The third-order valence-corrected chi connectivity index (χ3v) is 3.54. The minimum atomic E-state index is 0.123. The number of nitrogens with zero attached hydrogens (tertiary/aromatic N) is 1. The van der Waals surface area contributed by atoms with Crippen LogP contribution in [0, 0.1) is 0 Å². The Morgan fingerprint density at radius 2 is 2.17 bits per heavy atom. The summed E-state index contributed by atoms with van der Waals surface area (Å²) in [5.74, 6) is 0.622. The van der Waals surface area contributed by atoms with Gasteiger partial charge in [0.1, 0.15) is 5.76 Å². The quantitative estimate of drug-likeness (QED) is 0.822. The molecule has 0 spiro atoms. The molecule has 18 heavy (non-hydrogen) atoms. The topological polar surface area (TPSA) is 50.2 Å². The summed E-state index contributed by atoms with van der Waals surface area (Å²) < 4.78 is 0. The van der Waals surface area contributed by atoms with Crippen LogP contribution in [0.5, 0.6) is 0 Å². The summed E-state index contributed by atoms with van der Waals surface area (Å²) in [4.78, 5) is 16.3. The van der Waals surface area contributed by atoms with E-state index in [-0.39, 0.29) is 11.7 Å². The number of allylic oxidation sites excluding steroid dienone is 3. The van der Waals surface area contributed by atoms with Gasteiger partial charge in [-0.3, -0.25) is 9.78 Å². The fourth-order valence-electron chi connectivity index (χ4n) is 2.59. The summed E-state index contributed by atoms with van der Waals surface area (Å²) in [6, 6.07) is 3.80. The number of hydrogen-bond acceptors (Lipinski definition) is 3. The average Bonchev–Trinajstić information content (AvgIpc) is 2.39. The van der Waals surface area contributed by atoms with Crippen LogP contribution in [0.1, 0.15) is 46.9 Å². The van der Waals surface area contributed by atoms with E-state index in [0.29, 0.717) is 12.2 Å². The maximum atomic E-state index is 11.7. The smallest absolute Gasteiger partial charge is 0.164 e. The molecule has 1 aromatic heterocycles. The number of fused-ring (bicyclic) bond motifs is 1.